The van der Waals surface area contributed by atoms with Crippen LogP contribution in [0.25, 0.3) is 0 Å². The van der Waals surface area contributed by atoms with Crippen LogP contribution in [0.3, 0.4) is 0 Å². The summed E-state index contributed by atoms with van der Waals surface area (Å²) in [4.78, 5) is 0. The van der Waals surface area contributed by atoms with E-state index in [0.29, 0.717) is 0 Å². The Balaban J connectivity index is 1.85. The number of rotatable bonds is 16. The molecule has 0 aromatic carbocycles. The quantitative estimate of drug-likeness (QED) is 0.195. The molecule has 0 bridgehead atoms. The Labute approximate surface area is 153 Å². The maximum Gasteiger partial charge on any atom is -0.0294 e. The van der Waals surface area contributed by atoms with E-state index in [1.54, 1.807) is 5.57 Å². The van der Waals surface area contributed by atoms with Crippen molar-refractivity contribution >= 4 is 0 Å². The van der Waals surface area contributed by atoms with Gasteiger partial charge in [0.05, 0.1) is 0 Å². The molecule has 1 saturated carbocycles. The summed E-state index contributed by atoms with van der Waals surface area (Å²) in [5.74, 6) is 2.01. The van der Waals surface area contributed by atoms with Crippen LogP contribution >= 0.6 is 0 Å². The second kappa shape index (κ2) is 15.0. The molecule has 1 aliphatic carbocycles. The summed E-state index contributed by atoms with van der Waals surface area (Å²) < 4.78 is 0. The molecule has 1 unspecified atom stereocenters. The fourth-order valence-electron chi connectivity index (χ4n) is 4.58. The Morgan fingerprint density at radius 3 is 1.83 bits per heavy atom. The summed E-state index contributed by atoms with van der Waals surface area (Å²) in [7, 11) is 0. The molecule has 0 aromatic rings. The highest BCUT2D eigenvalue weighted by Crippen LogP contribution is 2.37. The monoisotopic (exact) mass is 334 g/mol. The maximum absolute atomic E-state index is 4.37. The number of unbranched alkanes of at least 4 members (excludes halogenated alkanes) is 10. The van der Waals surface area contributed by atoms with E-state index in [9.17, 15) is 0 Å². The van der Waals surface area contributed by atoms with E-state index < -0.39 is 0 Å². The van der Waals surface area contributed by atoms with Crippen LogP contribution in [0, 0.1) is 11.8 Å². The van der Waals surface area contributed by atoms with E-state index in [-0.39, 0.29) is 0 Å². The van der Waals surface area contributed by atoms with E-state index in [1.165, 1.54) is 116 Å². The van der Waals surface area contributed by atoms with Crippen LogP contribution in [0.5, 0.6) is 0 Å². The van der Waals surface area contributed by atoms with Crippen LogP contribution in [0.2, 0.25) is 0 Å². The Hall–Kier alpha value is -0.260. The van der Waals surface area contributed by atoms with Gasteiger partial charge in [0.2, 0.25) is 0 Å². The molecule has 0 radical (unpaired) electrons. The molecule has 1 rings (SSSR count). The summed E-state index contributed by atoms with van der Waals surface area (Å²) >= 11 is 0. The van der Waals surface area contributed by atoms with Gasteiger partial charge in [-0.25, -0.2) is 0 Å². The zero-order valence-corrected chi connectivity index (χ0v) is 17.1. The summed E-state index contributed by atoms with van der Waals surface area (Å²) in [5, 5.41) is 0. The molecular formula is C24H46. The average molecular weight is 335 g/mol. The molecule has 1 aliphatic rings. The molecule has 1 fully saturated rings. The number of hydrogen-bond acceptors (Lipinski definition) is 0. The van der Waals surface area contributed by atoms with E-state index in [2.05, 4.69) is 20.4 Å². The minimum absolute atomic E-state index is 0.974. The van der Waals surface area contributed by atoms with Crippen molar-refractivity contribution in [3.8, 4) is 0 Å². The van der Waals surface area contributed by atoms with Crippen LogP contribution in [-0.4, -0.2) is 0 Å². The van der Waals surface area contributed by atoms with Gasteiger partial charge < -0.3 is 0 Å². The van der Waals surface area contributed by atoms with Gasteiger partial charge in [0.15, 0.2) is 0 Å². The highest BCUT2D eigenvalue weighted by molar-refractivity contribution is 4.97. The van der Waals surface area contributed by atoms with E-state index in [4.69, 9.17) is 0 Å². The van der Waals surface area contributed by atoms with Gasteiger partial charge in [-0.2, -0.15) is 0 Å². The van der Waals surface area contributed by atoms with Crippen molar-refractivity contribution in [3.63, 3.8) is 0 Å². The van der Waals surface area contributed by atoms with Gasteiger partial charge in [-0.1, -0.05) is 109 Å². The van der Waals surface area contributed by atoms with Crippen molar-refractivity contribution in [1.82, 2.24) is 0 Å². The molecule has 0 aromatic heterocycles. The molecule has 142 valence electrons. The molecule has 0 heteroatoms. The van der Waals surface area contributed by atoms with Crippen molar-refractivity contribution in [2.75, 3.05) is 0 Å². The Morgan fingerprint density at radius 2 is 1.25 bits per heavy atom. The molecule has 0 N–H and O–H groups in total. The van der Waals surface area contributed by atoms with Crippen molar-refractivity contribution in [3.05, 3.63) is 12.2 Å². The number of allylic oxidation sites excluding steroid dienone is 1. The van der Waals surface area contributed by atoms with Gasteiger partial charge in [-0.15, -0.1) is 0 Å². The van der Waals surface area contributed by atoms with E-state index >= 15 is 0 Å². The second-order valence-electron chi connectivity index (χ2n) is 8.57. The molecular weight excluding hydrogens is 288 g/mol. The zero-order chi connectivity index (χ0) is 17.5. The van der Waals surface area contributed by atoms with E-state index in [0.717, 1.165) is 11.8 Å². The maximum atomic E-state index is 4.37. The van der Waals surface area contributed by atoms with Crippen LogP contribution in [0.15, 0.2) is 12.2 Å². The summed E-state index contributed by atoms with van der Waals surface area (Å²) in [6.07, 6.45) is 25.8. The molecule has 0 amide bonds. The van der Waals surface area contributed by atoms with Crippen molar-refractivity contribution in [1.29, 1.82) is 0 Å². The minimum atomic E-state index is 0.974. The van der Waals surface area contributed by atoms with Gasteiger partial charge >= 0.3 is 0 Å². The van der Waals surface area contributed by atoms with Crippen molar-refractivity contribution in [2.45, 2.75) is 129 Å². The van der Waals surface area contributed by atoms with Crippen LogP contribution in [-0.2, 0) is 0 Å². The molecule has 0 heterocycles. The average Bonchev–Trinajstić information content (AvgIpc) is 3.00. The fraction of sp³-hybridized carbons (Fsp3) is 0.917. The highest BCUT2D eigenvalue weighted by atomic mass is 14.3. The Bertz CT molecular complexity index is 290. The van der Waals surface area contributed by atoms with Gasteiger partial charge in [-0.3, -0.25) is 0 Å². The lowest BCUT2D eigenvalue weighted by atomic mass is 9.93. The lowest BCUT2D eigenvalue weighted by Crippen LogP contribution is -1.98. The fourth-order valence-corrected chi connectivity index (χ4v) is 4.58. The highest BCUT2D eigenvalue weighted by Gasteiger charge is 2.23. The minimum Gasteiger partial charge on any atom is -0.0999 e. The molecule has 0 spiro atoms. The van der Waals surface area contributed by atoms with Crippen LogP contribution < -0.4 is 0 Å². The first-order valence-corrected chi connectivity index (χ1v) is 11.4. The van der Waals surface area contributed by atoms with Gasteiger partial charge in [0.1, 0.15) is 0 Å². The van der Waals surface area contributed by atoms with Gasteiger partial charge in [0.25, 0.3) is 0 Å². The Kier molecular flexibility index (Phi) is 13.6. The van der Waals surface area contributed by atoms with Gasteiger partial charge in [-0.05, 0) is 43.9 Å². The smallest absolute Gasteiger partial charge is 0.0294 e. The third-order valence-electron chi connectivity index (χ3n) is 6.06. The van der Waals surface area contributed by atoms with Crippen LogP contribution in [0.1, 0.15) is 129 Å². The first-order chi connectivity index (χ1) is 11.8. The Morgan fingerprint density at radius 1 is 0.708 bits per heavy atom. The SMILES string of the molecule is C=C(CCCCCCCCCCCCC)C[C@H]1CCC(CCC)C1. The largest absolute Gasteiger partial charge is 0.0999 e. The van der Waals surface area contributed by atoms with E-state index in [1.807, 2.05) is 0 Å². The number of hydrogen-bond donors (Lipinski definition) is 0. The normalized spacial score (nSPS) is 20.6. The molecule has 0 nitrogen and oxygen atoms in total. The summed E-state index contributed by atoms with van der Waals surface area (Å²) in [6.45, 7) is 9.00. The topological polar surface area (TPSA) is 0 Å². The molecule has 0 aliphatic heterocycles. The molecule has 24 heavy (non-hydrogen) atoms. The van der Waals surface area contributed by atoms with Gasteiger partial charge in [0, 0.05) is 0 Å². The molecule has 0 saturated heterocycles. The zero-order valence-electron chi connectivity index (χ0n) is 17.1. The third kappa shape index (κ3) is 11.3. The summed E-state index contributed by atoms with van der Waals surface area (Å²) in [6, 6.07) is 0. The second-order valence-corrected chi connectivity index (χ2v) is 8.57. The third-order valence-corrected chi connectivity index (χ3v) is 6.06. The van der Waals surface area contributed by atoms with Crippen molar-refractivity contribution < 1.29 is 0 Å². The summed E-state index contributed by atoms with van der Waals surface area (Å²) in [5.41, 5.74) is 1.55. The lowest BCUT2D eigenvalue weighted by Gasteiger charge is -2.13. The predicted octanol–water partition coefficient (Wildman–Crippen LogP) is 8.85. The van der Waals surface area contributed by atoms with Crippen molar-refractivity contribution in [2.24, 2.45) is 11.8 Å². The first-order valence-electron chi connectivity index (χ1n) is 11.4. The first kappa shape index (κ1) is 21.8. The standard InChI is InChI=1S/C24H46/c1-4-6-7-8-9-10-11-12-13-14-15-17-22(3)20-24-19-18-23(21-24)16-5-2/h23-24H,3-21H2,1-2H3/t23?,24-/m1/s1. The molecule has 2 atom stereocenters. The predicted molar refractivity (Wildman–Crippen MR) is 111 cm³/mol. The lowest BCUT2D eigenvalue weighted by molar-refractivity contribution is 0.454. The van der Waals surface area contributed by atoms with Crippen LogP contribution in [0.4, 0.5) is 0 Å².